The zero-order valence-electron chi connectivity index (χ0n) is 20.6. The smallest absolute Gasteiger partial charge is 0.748 e. The average Bonchev–Trinajstić information content (AvgIpc) is 2.76. The van der Waals surface area contributed by atoms with E-state index in [-0.39, 0.29) is 42.5 Å². The SMILES string of the molecule is CCCCCCCCCCCCC(OC(=O)NCCCS(=O)(=O)[O-])c1ccc(OC)cc1.[Na+]. The van der Waals surface area contributed by atoms with Crippen molar-refractivity contribution < 1.29 is 56.8 Å². The minimum absolute atomic E-state index is 0. The van der Waals surface area contributed by atoms with Gasteiger partial charge in [0, 0.05) is 12.3 Å². The van der Waals surface area contributed by atoms with E-state index in [1.807, 2.05) is 24.3 Å². The van der Waals surface area contributed by atoms with E-state index in [0.29, 0.717) is 6.42 Å². The Hall–Kier alpha value is -0.800. The molecule has 1 rings (SSSR count). The molecule has 0 spiro atoms. The summed E-state index contributed by atoms with van der Waals surface area (Å²) < 4.78 is 42.8. The average molecular weight is 494 g/mol. The number of nitrogens with one attached hydrogen (secondary N) is 1. The molecule has 0 saturated carbocycles. The summed E-state index contributed by atoms with van der Waals surface area (Å²) in [5, 5.41) is 2.53. The largest absolute Gasteiger partial charge is 1.00 e. The van der Waals surface area contributed by atoms with Gasteiger partial charge in [-0.3, -0.25) is 0 Å². The van der Waals surface area contributed by atoms with Gasteiger partial charge in [0.1, 0.15) is 11.9 Å². The maximum absolute atomic E-state index is 12.2. The third-order valence-corrected chi connectivity index (χ3v) is 6.19. The molecule has 1 unspecified atom stereocenters. The van der Waals surface area contributed by atoms with E-state index >= 15 is 0 Å². The quantitative estimate of drug-likeness (QED) is 0.192. The van der Waals surface area contributed by atoms with Gasteiger partial charge in [-0.2, -0.15) is 0 Å². The van der Waals surface area contributed by atoms with Crippen molar-refractivity contribution in [3.05, 3.63) is 29.8 Å². The van der Waals surface area contributed by atoms with Crippen molar-refractivity contribution >= 4 is 16.2 Å². The molecule has 1 aromatic rings. The normalized spacial score (nSPS) is 12.0. The molecule has 1 amide bonds. The van der Waals surface area contributed by atoms with E-state index in [2.05, 4.69) is 12.2 Å². The second-order valence-electron chi connectivity index (χ2n) is 8.18. The Kier molecular flexibility index (Phi) is 19.0. The zero-order valence-corrected chi connectivity index (χ0v) is 23.5. The molecule has 0 aliphatic rings. The van der Waals surface area contributed by atoms with Crippen LogP contribution < -0.4 is 39.6 Å². The fraction of sp³-hybridized carbons (Fsp3) is 0.708. The number of unbranched alkanes of at least 4 members (excludes halogenated alkanes) is 9. The van der Waals surface area contributed by atoms with Gasteiger partial charge in [-0.15, -0.1) is 0 Å². The Morgan fingerprint density at radius 1 is 0.939 bits per heavy atom. The molecular weight excluding hydrogens is 453 g/mol. The van der Waals surface area contributed by atoms with Crippen molar-refractivity contribution in [2.45, 2.75) is 90.1 Å². The van der Waals surface area contributed by atoms with Crippen molar-refractivity contribution in [1.82, 2.24) is 5.32 Å². The molecule has 0 heterocycles. The van der Waals surface area contributed by atoms with Crippen molar-refractivity contribution in [2.24, 2.45) is 0 Å². The van der Waals surface area contributed by atoms with Gasteiger partial charge < -0.3 is 19.3 Å². The van der Waals surface area contributed by atoms with Crippen LogP contribution in [0.1, 0.15) is 95.6 Å². The Labute approximate surface area is 222 Å². The number of methoxy groups -OCH3 is 1. The van der Waals surface area contributed by atoms with E-state index in [1.165, 1.54) is 51.4 Å². The summed E-state index contributed by atoms with van der Waals surface area (Å²) in [6.07, 6.45) is 12.1. The maximum Gasteiger partial charge on any atom is 1.00 e. The molecule has 0 aliphatic heterocycles. The molecule has 0 aromatic heterocycles. The van der Waals surface area contributed by atoms with Crippen LogP contribution in [0.2, 0.25) is 0 Å². The molecule has 0 radical (unpaired) electrons. The van der Waals surface area contributed by atoms with E-state index in [9.17, 15) is 17.8 Å². The summed E-state index contributed by atoms with van der Waals surface area (Å²) in [6.45, 7) is 2.31. The molecule has 1 N–H and O–H groups in total. The van der Waals surface area contributed by atoms with Crippen LogP contribution in [-0.2, 0) is 14.9 Å². The number of benzene rings is 1. The van der Waals surface area contributed by atoms with Crippen LogP contribution in [0.4, 0.5) is 4.79 Å². The molecular formula is C24H40NNaO6S. The van der Waals surface area contributed by atoms with Gasteiger partial charge in [0.05, 0.1) is 17.2 Å². The Morgan fingerprint density at radius 3 is 2.00 bits per heavy atom. The molecule has 0 saturated heterocycles. The molecule has 33 heavy (non-hydrogen) atoms. The van der Waals surface area contributed by atoms with Gasteiger partial charge in [0.15, 0.2) is 0 Å². The molecule has 9 heteroatoms. The first-order chi connectivity index (χ1) is 15.4. The number of amides is 1. The van der Waals surface area contributed by atoms with Crippen molar-refractivity contribution in [1.29, 1.82) is 0 Å². The monoisotopic (exact) mass is 493 g/mol. The first-order valence-corrected chi connectivity index (χ1v) is 13.5. The predicted molar refractivity (Wildman–Crippen MR) is 126 cm³/mol. The standard InChI is InChI=1S/C24H41NO6S.Na/c1-3-4-5-6-7-8-9-10-11-12-14-23(21-15-17-22(30-2)18-16-21)31-24(26)25-19-13-20-32(27,28)29;/h15-18,23H,3-14,19-20H2,1-2H3,(H,25,26)(H,27,28,29);/q;+1/p-1. The summed E-state index contributed by atoms with van der Waals surface area (Å²) in [5.41, 5.74) is 0.888. The van der Waals surface area contributed by atoms with Gasteiger partial charge in [-0.1, -0.05) is 76.8 Å². The number of hydrogen-bond donors (Lipinski definition) is 1. The fourth-order valence-corrected chi connectivity index (χ4v) is 4.04. The molecule has 0 fully saturated rings. The van der Waals surface area contributed by atoms with Gasteiger partial charge in [0.2, 0.25) is 0 Å². The van der Waals surface area contributed by atoms with Crippen molar-refractivity contribution in [3.63, 3.8) is 0 Å². The number of carbonyl (C=O) groups is 1. The van der Waals surface area contributed by atoms with Crippen LogP contribution in [0, 0.1) is 0 Å². The Bertz CT molecular complexity index is 727. The molecule has 0 bridgehead atoms. The first kappa shape index (κ1) is 32.2. The number of rotatable bonds is 18. The van der Waals surface area contributed by atoms with Crippen molar-refractivity contribution in [3.8, 4) is 5.75 Å². The van der Waals surface area contributed by atoms with Crippen molar-refractivity contribution in [2.75, 3.05) is 19.4 Å². The second kappa shape index (κ2) is 19.5. The zero-order chi connectivity index (χ0) is 23.7. The molecule has 1 aromatic carbocycles. The summed E-state index contributed by atoms with van der Waals surface area (Å²) >= 11 is 0. The third-order valence-electron chi connectivity index (χ3n) is 5.40. The molecule has 7 nitrogen and oxygen atoms in total. The second-order valence-corrected chi connectivity index (χ2v) is 9.70. The molecule has 184 valence electrons. The Balaban J connectivity index is 0.0000102. The summed E-state index contributed by atoms with van der Waals surface area (Å²) in [4.78, 5) is 12.2. The van der Waals surface area contributed by atoms with Crippen LogP contribution in [0.3, 0.4) is 0 Å². The van der Waals surface area contributed by atoms with Crippen LogP contribution in [0.5, 0.6) is 5.75 Å². The molecule has 0 aliphatic carbocycles. The minimum Gasteiger partial charge on any atom is -0.748 e. The van der Waals surface area contributed by atoms with Gasteiger partial charge >= 0.3 is 35.7 Å². The van der Waals surface area contributed by atoms with E-state index in [0.717, 1.165) is 24.2 Å². The van der Waals surface area contributed by atoms with Gasteiger partial charge in [-0.05, 0) is 37.0 Å². The van der Waals surface area contributed by atoms with Crippen LogP contribution in [0.15, 0.2) is 24.3 Å². The number of alkyl carbamates (subject to hydrolysis) is 1. The van der Waals surface area contributed by atoms with E-state index < -0.39 is 28.1 Å². The Morgan fingerprint density at radius 2 is 1.48 bits per heavy atom. The first-order valence-electron chi connectivity index (χ1n) is 11.9. The molecule has 1 atom stereocenters. The number of carbonyl (C=O) groups excluding carboxylic acids is 1. The van der Waals surface area contributed by atoms with Crippen LogP contribution in [0.25, 0.3) is 0 Å². The van der Waals surface area contributed by atoms with Crippen LogP contribution >= 0.6 is 0 Å². The predicted octanol–water partition coefficient (Wildman–Crippen LogP) is 2.71. The van der Waals surface area contributed by atoms with E-state index in [4.69, 9.17) is 9.47 Å². The summed E-state index contributed by atoms with van der Waals surface area (Å²) in [5.74, 6) is 0.225. The third kappa shape index (κ3) is 17.3. The van der Waals surface area contributed by atoms with Crippen LogP contribution in [-0.4, -0.2) is 38.5 Å². The number of ether oxygens (including phenoxy) is 2. The van der Waals surface area contributed by atoms with Gasteiger partial charge in [-0.25, -0.2) is 13.2 Å². The summed E-state index contributed by atoms with van der Waals surface area (Å²) in [6, 6.07) is 7.44. The van der Waals surface area contributed by atoms with Gasteiger partial charge in [0.25, 0.3) is 0 Å². The summed E-state index contributed by atoms with van der Waals surface area (Å²) in [7, 11) is -2.68. The maximum atomic E-state index is 12.2. The topological polar surface area (TPSA) is 105 Å². The number of hydrogen-bond acceptors (Lipinski definition) is 6. The van der Waals surface area contributed by atoms with E-state index in [1.54, 1.807) is 7.11 Å². The fourth-order valence-electron chi connectivity index (χ4n) is 3.54. The minimum atomic E-state index is -4.28.